The summed E-state index contributed by atoms with van der Waals surface area (Å²) >= 11 is 0. The number of ether oxygens (including phenoxy) is 3. The van der Waals surface area contributed by atoms with Crippen molar-refractivity contribution in [2.45, 2.75) is 157 Å². The lowest BCUT2D eigenvalue weighted by molar-refractivity contribution is -0.167. The SMILES string of the molecule is CC1(C)CC(OC(=O)C(C)(C)CN(CC(C)(C)C(=O)OC2CCNC(C)(C)C2)CC(C)(C)C(=O)OC2CCNC(C)(C)C2)CCN1. The molecule has 3 atom stereocenters. The first kappa shape index (κ1) is 38.7. The van der Waals surface area contributed by atoms with Crippen LogP contribution >= 0.6 is 0 Å². The average molecular weight is 651 g/mol. The summed E-state index contributed by atoms with van der Waals surface area (Å²) in [6.07, 6.45) is 4.09. The van der Waals surface area contributed by atoms with Crippen LogP contribution in [0.25, 0.3) is 0 Å². The van der Waals surface area contributed by atoms with E-state index in [0.717, 1.165) is 58.2 Å². The van der Waals surface area contributed by atoms with Gasteiger partial charge in [0.25, 0.3) is 0 Å². The van der Waals surface area contributed by atoms with Gasteiger partial charge in [-0.2, -0.15) is 0 Å². The molecule has 0 aromatic heterocycles. The predicted molar refractivity (Wildman–Crippen MR) is 181 cm³/mol. The minimum absolute atomic E-state index is 0.0959. The molecule has 0 amide bonds. The van der Waals surface area contributed by atoms with Crippen molar-refractivity contribution in [3.8, 4) is 0 Å². The summed E-state index contributed by atoms with van der Waals surface area (Å²) in [5.74, 6) is -0.806. The predicted octanol–water partition coefficient (Wildman–Crippen LogP) is 4.59. The molecular weight excluding hydrogens is 584 g/mol. The van der Waals surface area contributed by atoms with Crippen molar-refractivity contribution >= 4 is 17.9 Å². The van der Waals surface area contributed by atoms with Crippen LogP contribution in [0.5, 0.6) is 0 Å². The smallest absolute Gasteiger partial charge is 0.313 e. The molecule has 0 bridgehead atoms. The highest BCUT2D eigenvalue weighted by atomic mass is 16.6. The van der Waals surface area contributed by atoms with Gasteiger partial charge >= 0.3 is 17.9 Å². The molecule has 3 aliphatic rings. The van der Waals surface area contributed by atoms with Gasteiger partial charge in [0.05, 0.1) is 16.2 Å². The summed E-state index contributed by atoms with van der Waals surface area (Å²) in [6, 6.07) is 0. The van der Waals surface area contributed by atoms with Gasteiger partial charge in [-0.05, 0) is 122 Å². The van der Waals surface area contributed by atoms with E-state index in [-0.39, 0.29) is 52.8 Å². The third kappa shape index (κ3) is 11.4. The second-order valence-electron chi connectivity index (χ2n) is 18.3. The molecule has 3 rings (SSSR count). The fraction of sp³-hybridized carbons (Fsp3) is 0.917. The molecule has 266 valence electrons. The summed E-state index contributed by atoms with van der Waals surface area (Å²) in [5, 5.41) is 10.4. The van der Waals surface area contributed by atoms with Crippen LogP contribution in [0, 0.1) is 16.2 Å². The molecule has 3 N–H and O–H groups in total. The highest BCUT2D eigenvalue weighted by Gasteiger charge is 2.43. The number of esters is 3. The molecule has 0 spiro atoms. The maximum absolute atomic E-state index is 13.7. The Kier molecular flexibility index (Phi) is 12.1. The van der Waals surface area contributed by atoms with Crippen molar-refractivity contribution in [2.75, 3.05) is 39.3 Å². The zero-order chi connectivity index (χ0) is 34.8. The summed E-state index contributed by atoms with van der Waals surface area (Å²) < 4.78 is 18.3. The minimum Gasteiger partial charge on any atom is -0.462 e. The molecule has 0 aromatic carbocycles. The number of rotatable bonds is 12. The van der Waals surface area contributed by atoms with Crippen LogP contribution in [0.4, 0.5) is 0 Å². The topological polar surface area (TPSA) is 118 Å². The molecule has 3 unspecified atom stereocenters. The van der Waals surface area contributed by atoms with E-state index in [9.17, 15) is 14.4 Å². The standard InChI is InChI=1S/C36H66N4O6/c1-31(2,28(41)44-25-13-16-37-34(7,8)19-25)22-40(23-32(3,4)29(42)45-26-14-17-38-35(9,10)20-26)24-33(5,6)30(43)46-27-15-18-39-36(11,12)21-27/h25-27,37-39H,13-24H2,1-12H3. The van der Waals surface area contributed by atoms with Gasteiger partial charge in [0.2, 0.25) is 0 Å². The van der Waals surface area contributed by atoms with Gasteiger partial charge in [-0.1, -0.05) is 0 Å². The lowest BCUT2D eigenvalue weighted by Gasteiger charge is -2.42. The van der Waals surface area contributed by atoms with Crippen LogP contribution < -0.4 is 16.0 Å². The largest absolute Gasteiger partial charge is 0.462 e. The zero-order valence-corrected chi connectivity index (χ0v) is 31.1. The lowest BCUT2D eigenvalue weighted by atomic mass is 9.85. The number of nitrogens with zero attached hydrogens (tertiary/aromatic N) is 1. The van der Waals surface area contributed by atoms with Crippen molar-refractivity contribution < 1.29 is 28.6 Å². The summed E-state index contributed by atoms with van der Waals surface area (Å²) in [7, 11) is 0. The van der Waals surface area contributed by atoms with Crippen molar-refractivity contribution in [3.63, 3.8) is 0 Å². The van der Waals surface area contributed by atoms with Crippen LogP contribution in [0.2, 0.25) is 0 Å². The number of hydrogen-bond donors (Lipinski definition) is 3. The van der Waals surface area contributed by atoms with Gasteiger partial charge < -0.3 is 30.2 Å². The highest BCUT2D eigenvalue weighted by molar-refractivity contribution is 5.78. The number of piperidine rings is 3. The van der Waals surface area contributed by atoms with E-state index in [1.165, 1.54) is 0 Å². The van der Waals surface area contributed by atoms with Gasteiger partial charge in [-0.3, -0.25) is 19.3 Å². The van der Waals surface area contributed by atoms with E-state index < -0.39 is 16.2 Å². The van der Waals surface area contributed by atoms with Crippen molar-refractivity contribution in [3.05, 3.63) is 0 Å². The second-order valence-corrected chi connectivity index (χ2v) is 18.3. The average Bonchev–Trinajstić information content (AvgIpc) is 2.86. The molecule has 0 aromatic rings. The molecular formula is C36H66N4O6. The van der Waals surface area contributed by atoms with Gasteiger partial charge in [-0.15, -0.1) is 0 Å². The van der Waals surface area contributed by atoms with E-state index in [0.29, 0.717) is 19.6 Å². The van der Waals surface area contributed by atoms with Gasteiger partial charge in [0.1, 0.15) is 18.3 Å². The zero-order valence-electron chi connectivity index (χ0n) is 31.1. The summed E-state index contributed by atoms with van der Waals surface area (Å²) in [5.41, 5.74) is -2.93. The third-order valence-corrected chi connectivity index (χ3v) is 9.76. The van der Waals surface area contributed by atoms with Gasteiger partial charge in [0, 0.05) is 55.5 Å². The maximum Gasteiger partial charge on any atom is 0.313 e. The molecule has 0 saturated carbocycles. The molecule has 10 heteroatoms. The normalized spacial score (nSPS) is 26.7. The Morgan fingerprint density at radius 2 is 0.783 bits per heavy atom. The molecule has 46 heavy (non-hydrogen) atoms. The number of hydrogen-bond acceptors (Lipinski definition) is 10. The quantitative estimate of drug-likeness (QED) is 0.205. The molecule has 3 heterocycles. The Morgan fingerprint density at radius 1 is 0.543 bits per heavy atom. The van der Waals surface area contributed by atoms with Crippen LogP contribution in [0.15, 0.2) is 0 Å². The van der Waals surface area contributed by atoms with E-state index in [1.54, 1.807) is 0 Å². The van der Waals surface area contributed by atoms with E-state index >= 15 is 0 Å². The summed E-state index contributed by atoms with van der Waals surface area (Å²) in [4.78, 5) is 43.0. The molecule has 0 radical (unpaired) electrons. The number of nitrogens with one attached hydrogen (secondary N) is 3. The first-order valence-corrected chi connectivity index (χ1v) is 17.5. The first-order chi connectivity index (χ1) is 20.9. The molecule has 10 nitrogen and oxygen atoms in total. The fourth-order valence-electron chi connectivity index (χ4n) is 7.22. The molecule has 3 aliphatic heterocycles. The molecule has 0 aliphatic carbocycles. The summed E-state index contributed by atoms with van der Waals surface area (Å²) in [6.45, 7) is 27.4. The minimum atomic E-state index is -0.882. The number of carbonyl (C=O) groups excluding carboxylic acids is 3. The van der Waals surface area contributed by atoms with E-state index in [2.05, 4.69) is 62.4 Å². The second kappa shape index (κ2) is 14.4. The van der Waals surface area contributed by atoms with Gasteiger partial charge in [0.15, 0.2) is 0 Å². The van der Waals surface area contributed by atoms with Crippen molar-refractivity contribution in [2.24, 2.45) is 16.2 Å². The number of carbonyl (C=O) groups is 3. The van der Waals surface area contributed by atoms with Crippen molar-refractivity contribution in [1.29, 1.82) is 0 Å². The van der Waals surface area contributed by atoms with Crippen molar-refractivity contribution in [1.82, 2.24) is 20.9 Å². The Balaban J connectivity index is 1.77. The first-order valence-electron chi connectivity index (χ1n) is 17.5. The fourth-order valence-corrected chi connectivity index (χ4v) is 7.22. The van der Waals surface area contributed by atoms with E-state index in [4.69, 9.17) is 14.2 Å². The Hall–Kier alpha value is -1.75. The van der Waals surface area contributed by atoms with Crippen LogP contribution in [-0.4, -0.2) is 97.0 Å². The Bertz CT molecular complexity index is 949. The van der Waals surface area contributed by atoms with Gasteiger partial charge in [-0.25, -0.2) is 0 Å². The Labute approximate surface area is 279 Å². The van der Waals surface area contributed by atoms with Crippen LogP contribution in [-0.2, 0) is 28.6 Å². The monoisotopic (exact) mass is 650 g/mol. The maximum atomic E-state index is 13.7. The molecule has 3 fully saturated rings. The Morgan fingerprint density at radius 3 is 1.00 bits per heavy atom. The third-order valence-electron chi connectivity index (χ3n) is 9.76. The van der Waals surface area contributed by atoms with E-state index in [1.807, 2.05) is 41.5 Å². The van der Waals surface area contributed by atoms with Crippen LogP contribution in [0.3, 0.4) is 0 Å². The van der Waals surface area contributed by atoms with Crippen LogP contribution in [0.1, 0.15) is 122 Å². The molecule has 3 saturated heterocycles. The highest BCUT2D eigenvalue weighted by Crippen LogP contribution is 2.32. The lowest BCUT2D eigenvalue weighted by Crippen LogP contribution is -2.53.